The lowest BCUT2D eigenvalue weighted by atomic mass is 10.2. The number of nitrogens with zero attached hydrogens (tertiary/aromatic N) is 3. The van der Waals surface area contributed by atoms with Crippen LogP contribution in [0.25, 0.3) is 0 Å². The van der Waals surface area contributed by atoms with Crippen LogP contribution in [0.3, 0.4) is 0 Å². The Hall–Kier alpha value is -1.44. The predicted molar refractivity (Wildman–Crippen MR) is 66.5 cm³/mol. The molecule has 2 unspecified atom stereocenters. The molecule has 1 fully saturated rings. The van der Waals surface area contributed by atoms with Crippen LogP contribution in [-0.2, 0) is 18.3 Å². The van der Waals surface area contributed by atoms with Crippen molar-refractivity contribution in [1.29, 1.82) is 0 Å². The normalized spacial score (nSPS) is 23.8. The highest BCUT2D eigenvalue weighted by Gasteiger charge is 2.31. The van der Waals surface area contributed by atoms with Crippen molar-refractivity contribution in [3.05, 3.63) is 17.5 Å². The van der Waals surface area contributed by atoms with Gasteiger partial charge in [0.25, 0.3) is 0 Å². The molecule has 0 radical (unpaired) electrons. The van der Waals surface area contributed by atoms with E-state index in [9.17, 15) is 15.0 Å². The topological polar surface area (TPSA) is 87.8 Å². The fourth-order valence-corrected chi connectivity index (χ4v) is 2.22. The van der Waals surface area contributed by atoms with E-state index in [4.69, 9.17) is 4.74 Å². The van der Waals surface area contributed by atoms with E-state index < -0.39 is 18.2 Å². The highest BCUT2D eigenvalue weighted by Crippen LogP contribution is 2.17. The van der Waals surface area contributed by atoms with Gasteiger partial charge in [0.15, 0.2) is 0 Å². The number of carbonyl (C=O) groups excluding carboxylic acids is 1. The van der Waals surface area contributed by atoms with Crippen molar-refractivity contribution in [3.8, 4) is 0 Å². The van der Waals surface area contributed by atoms with Crippen LogP contribution in [0.1, 0.15) is 23.0 Å². The van der Waals surface area contributed by atoms with E-state index in [1.165, 1.54) is 6.20 Å². The molecular formula is C12H19N3O4. The molecule has 0 aromatic carbocycles. The van der Waals surface area contributed by atoms with Gasteiger partial charge in [-0.3, -0.25) is 9.58 Å². The largest absolute Gasteiger partial charge is 0.462 e. The van der Waals surface area contributed by atoms with Gasteiger partial charge in [-0.05, 0) is 6.92 Å². The molecule has 1 saturated heterocycles. The Morgan fingerprint density at radius 2 is 2.11 bits per heavy atom. The zero-order valence-electron chi connectivity index (χ0n) is 11.1. The monoisotopic (exact) mass is 269 g/mol. The summed E-state index contributed by atoms with van der Waals surface area (Å²) in [7, 11) is 1.75. The summed E-state index contributed by atoms with van der Waals surface area (Å²) in [5.41, 5.74) is 1.15. The maximum absolute atomic E-state index is 11.8. The molecule has 2 N–H and O–H groups in total. The van der Waals surface area contributed by atoms with Crippen LogP contribution < -0.4 is 0 Å². The fraction of sp³-hybridized carbons (Fsp3) is 0.667. The van der Waals surface area contributed by atoms with Gasteiger partial charge in [0.2, 0.25) is 0 Å². The Balaban J connectivity index is 2.12. The van der Waals surface area contributed by atoms with Crippen molar-refractivity contribution in [1.82, 2.24) is 14.7 Å². The molecule has 2 heterocycles. The fourth-order valence-electron chi connectivity index (χ4n) is 2.22. The summed E-state index contributed by atoms with van der Waals surface area (Å²) in [6.45, 7) is 3.28. The molecule has 1 aliphatic rings. The summed E-state index contributed by atoms with van der Waals surface area (Å²) >= 11 is 0. The molecule has 0 bridgehead atoms. The summed E-state index contributed by atoms with van der Waals surface area (Å²) in [6.07, 6.45) is 0.00882. The van der Waals surface area contributed by atoms with Gasteiger partial charge in [-0.1, -0.05) is 0 Å². The SMILES string of the molecule is CCOC(=O)c1cnn(C)c1CN1CC(O)C(O)C1. The van der Waals surface area contributed by atoms with E-state index in [0.29, 0.717) is 31.8 Å². The lowest BCUT2D eigenvalue weighted by Gasteiger charge is -2.15. The third kappa shape index (κ3) is 2.94. The van der Waals surface area contributed by atoms with E-state index in [2.05, 4.69) is 5.10 Å². The number of β-amino-alcohol motifs (C(OH)–C–C–N with tert-alkyl or cyclic N) is 2. The second kappa shape index (κ2) is 5.68. The van der Waals surface area contributed by atoms with Crippen molar-refractivity contribution in [2.75, 3.05) is 19.7 Å². The smallest absolute Gasteiger partial charge is 0.341 e. The average Bonchev–Trinajstić information content (AvgIpc) is 2.85. The van der Waals surface area contributed by atoms with Gasteiger partial charge in [-0.15, -0.1) is 0 Å². The number of hydrogen-bond acceptors (Lipinski definition) is 6. The van der Waals surface area contributed by atoms with E-state index in [-0.39, 0.29) is 0 Å². The number of hydrogen-bond donors (Lipinski definition) is 2. The van der Waals surface area contributed by atoms with Crippen molar-refractivity contribution < 1.29 is 19.7 Å². The van der Waals surface area contributed by atoms with Crippen LogP contribution in [0.4, 0.5) is 0 Å². The van der Waals surface area contributed by atoms with Crippen LogP contribution in [-0.4, -0.2) is 62.8 Å². The average molecular weight is 269 g/mol. The number of carbonyl (C=O) groups is 1. The number of likely N-dealkylation sites (tertiary alicyclic amines) is 1. The minimum absolute atomic E-state index is 0.314. The number of aliphatic hydroxyl groups is 2. The Bertz CT molecular complexity index is 450. The Labute approximate surface area is 111 Å². The van der Waals surface area contributed by atoms with Gasteiger partial charge in [0.05, 0.1) is 30.7 Å². The van der Waals surface area contributed by atoms with E-state index in [1.54, 1.807) is 18.7 Å². The first-order chi connectivity index (χ1) is 9.02. The molecule has 2 atom stereocenters. The van der Waals surface area contributed by atoms with Crippen molar-refractivity contribution in [3.63, 3.8) is 0 Å². The van der Waals surface area contributed by atoms with Crippen molar-refractivity contribution in [2.45, 2.75) is 25.7 Å². The second-order valence-electron chi connectivity index (χ2n) is 4.68. The minimum atomic E-state index is -0.737. The quantitative estimate of drug-likeness (QED) is 0.691. The Morgan fingerprint density at radius 3 is 2.68 bits per heavy atom. The number of aliphatic hydroxyl groups excluding tert-OH is 2. The standard InChI is InChI=1S/C12H19N3O4/c1-3-19-12(18)8-4-13-14(2)9(8)5-15-6-10(16)11(17)7-15/h4,10-11,16-17H,3,5-7H2,1-2H3. The third-order valence-corrected chi connectivity index (χ3v) is 3.26. The Morgan fingerprint density at radius 1 is 1.47 bits per heavy atom. The van der Waals surface area contributed by atoms with Gasteiger partial charge in [-0.25, -0.2) is 4.79 Å². The van der Waals surface area contributed by atoms with E-state index >= 15 is 0 Å². The molecule has 7 heteroatoms. The van der Waals surface area contributed by atoms with Gasteiger partial charge in [0.1, 0.15) is 5.56 Å². The molecule has 1 aliphatic heterocycles. The highest BCUT2D eigenvalue weighted by atomic mass is 16.5. The van der Waals surface area contributed by atoms with Crippen LogP contribution >= 0.6 is 0 Å². The summed E-state index contributed by atoms with van der Waals surface area (Å²) in [5.74, 6) is -0.397. The first kappa shape index (κ1) is 14.0. The number of esters is 1. The molecule has 7 nitrogen and oxygen atoms in total. The Kier molecular flexibility index (Phi) is 4.18. The van der Waals surface area contributed by atoms with Crippen LogP contribution in [0.2, 0.25) is 0 Å². The third-order valence-electron chi connectivity index (χ3n) is 3.26. The number of aromatic nitrogens is 2. The van der Waals surface area contributed by atoms with E-state index in [1.807, 2.05) is 4.90 Å². The molecule has 2 rings (SSSR count). The maximum atomic E-state index is 11.8. The predicted octanol–water partition coefficient (Wildman–Crippen LogP) is -0.866. The zero-order valence-corrected chi connectivity index (χ0v) is 11.1. The molecule has 0 saturated carbocycles. The molecule has 0 amide bonds. The number of ether oxygens (including phenoxy) is 1. The number of aryl methyl sites for hydroxylation is 1. The van der Waals surface area contributed by atoms with E-state index in [0.717, 1.165) is 5.69 Å². The lowest BCUT2D eigenvalue weighted by molar-refractivity contribution is 0.0524. The van der Waals surface area contributed by atoms with Crippen molar-refractivity contribution >= 4 is 5.97 Å². The molecule has 1 aromatic rings. The molecule has 0 aliphatic carbocycles. The van der Waals surface area contributed by atoms with Gasteiger partial charge < -0.3 is 14.9 Å². The molecule has 1 aromatic heterocycles. The summed E-state index contributed by atoms with van der Waals surface area (Å²) in [5, 5.41) is 23.1. The van der Waals surface area contributed by atoms with Gasteiger partial charge >= 0.3 is 5.97 Å². The molecular weight excluding hydrogens is 250 g/mol. The second-order valence-corrected chi connectivity index (χ2v) is 4.68. The van der Waals surface area contributed by atoms with Crippen molar-refractivity contribution in [2.24, 2.45) is 7.05 Å². The summed E-state index contributed by atoms with van der Waals surface area (Å²) in [6, 6.07) is 0. The van der Waals surface area contributed by atoms with Crippen LogP contribution in [0, 0.1) is 0 Å². The number of rotatable bonds is 4. The first-order valence-corrected chi connectivity index (χ1v) is 6.29. The molecule has 19 heavy (non-hydrogen) atoms. The first-order valence-electron chi connectivity index (χ1n) is 6.29. The maximum Gasteiger partial charge on any atom is 0.341 e. The van der Waals surface area contributed by atoms with Crippen LogP contribution in [0.15, 0.2) is 6.20 Å². The summed E-state index contributed by atoms with van der Waals surface area (Å²) in [4.78, 5) is 13.7. The zero-order chi connectivity index (χ0) is 14.0. The highest BCUT2D eigenvalue weighted by molar-refractivity contribution is 5.90. The lowest BCUT2D eigenvalue weighted by Crippen LogP contribution is -2.24. The summed E-state index contributed by atoms with van der Waals surface area (Å²) < 4.78 is 6.59. The van der Waals surface area contributed by atoms with Gasteiger partial charge in [-0.2, -0.15) is 5.10 Å². The van der Waals surface area contributed by atoms with Crippen LogP contribution in [0.5, 0.6) is 0 Å². The molecule has 106 valence electrons. The minimum Gasteiger partial charge on any atom is -0.462 e. The molecule has 0 spiro atoms. The van der Waals surface area contributed by atoms with Gasteiger partial charge in [0, 0.05) is 26.7 Å².